The van der Waals surface area contributed by atoms with Crippen LogP contribution < -0.4 is 14.8 Å². The molecular formula is C19H31NO3. The smallest absolute Gasteiger partial charge is 0.160 e. The van der Waals surface area contributed by atoms with Gasteiger partial charge in [-0.25, -0.2) is 0 Å². The highest BCUT2D eigenvalue weighted by molar-refractivity contribution is 5.43. The molecule has 4 nitrogen and oxygen atoms in total. The lowest BCUT2D eigenvalue weighted by Crippen LogP contribution is -2.37. The molecule has 1 saturated heterocycles. The maximum Gasteiger partial charge on any atom is 0.160 e. The van der Waals surface area contributed by atoms with E-state index >= 15 is 0 Å². The van der Waals surface area contributed by atoms with Crippen LogP contribution in [-0.2, 0) is 11.2 Å². The fourth-order valence-electron chi connectivity index (χ4n) is 3.40. The van der Waals surface area contributed by atoms with Gasteiger partial charge in [0, 0.05) is 19.2 Å². The van der Waals surface area contributed by atoms with Crippen LogP contribution in [-0.4, -0.2) is 39.5 Å². The lowest BCUT2D eigenvalue weighted by atomic mass is 9.92. The Balaban J connectivity index is 1.86. The van der Waals surface area contributed by atoms with Gasteiger partial charge in [0.25, 0.3) is 0 Å². The first kappa shape index (κ1) is 18.1. The summed E-state index contributed by atoms with van der Waals surface area (Å²) < 4.78 is 16.5. The minimum Gasteiger partial charge on any atom is -0.493 e. The van der Waals surface area contributed by atoms with E-state index in [4.69, 9.17) is 14.2 Å². The SMILES string of the molecule is COc1ccc(CC(C)NC[C@H]2CCO[C@@H]2C(C)C)cc1OC. The third-order valence-corrected chi connectivity index (χ3v) is 4.64. The second-order valence-corrected chi connectivity index (χ2v) is 6.83. The van der Waals surface area contributed by atoms with Crippen LogP contribution in [0.2, 0.25) is 0 Å². The fraction of sp³-hybridized carbons (Fsp3) is 0.684. The molecule has 0 bridgehead atoms. The Morgan fingerprint density at radius 2 is 1.91 bits per heavy atom. The molecule has 2 rings (SSSR count). The molecule has 0 aromatic heterocycles. The predicted octanol–water partition coefficient (Wildman–Crippen LogP) is 3.29. The number of hydrogen-bond acceptors (Lipinski definition) is 4. The molecule has 0 aliphatic carbocycles. The fourth-order valence-corrected chi connectivity index (χ4v) is 3.40. The molecule has 1 aromatic rings. The van der Waals surface area contributed by atoms with Gasteiger partial charge >= 0.3 is 0 Å². The molecule has 130 valence electrons. The van der Waals surface area contributed by atoms with E-state index in [0.29, 0.717) is 24.0 Å². The second kappa shape index (κ2) is 8.55. The first-order valence-electron chi connectivity index (χ1n) is 8.61. The van der Waals surface area contributed by atoms with Crippen LogP contribution in [0.5, 0.6) is 11.5 Å². The minimum absolute atomic E-state index is 0.399. The van der Waals surface area contributed by atoms with Crippen molar-refractivity contribution < 1.29 is 14.2 Å². The summed E-state index contributed by atoms with van der Waals surface area (Å²) in [4.78, 5) is 0. The highest BCUT2D eigenvalue weighted by Crippen LogP contribution is 2.28. The van der Waals surface area contributed by atoms with Crippen LogP contribution in [0.15, 0.2) is 18.2 Å². The normalized spacial score (nSPS) is 22.3. The van der Waals surface area contributed by atoms with Crippen molar-refractivity contribution in [3.63, 3.8) is 0 Å². The predicted molar refractivity (Wildman–Crippen MR) is 93.4 cm³/mol. The maximum absolute atomic E-state index is 5.86. The molecule has 1 unspecified atom stereocenters. The number of methoxy groups -OCH3 is 2. The number of nitrogens with one attached hydrogen (secondary N) is 1. The molecule has 1 aliphatic heterocycles. The number of rotatable bonds is 8. The standard InChI is InChI=1S/C19H31NO3/c1-13(2)19-16(8-9-23-19)12-20-14(3)10-15-6-7-17(21-4)18(11-15)22-5/h6-7,11,13-14,16,19-20H,8-10,12H2,1-5H3/t14?,16-,19-/m1/s1. The van der Waals surface area contributed by atoms with Gasteiger partial charge in [-0.1, -0.05) is 19.9 Å². The maximum atomic E-state index is 5.86. The number of benzene rings is 1. The van der Waals surface area contributed by atoms with E-state index in [1.165, 1.54) is 12.0 Å². The Labute approximate surface area is 140 Å². The summed E-state index contributed by atoms with van der Waals surface area (Å²) in [5, 5.41) is 3.67. The van der Waals surface area contributed by atoms with E-state index in [0.717, 1.165) is 31.1 Å². The van der Waals surface area contributed by atoms with Crippen LogP contribution in [0, 0.1) is 11.8 Å². The Morgan fingerprint density at radius 3 is 2.57 bits per heavy atom. The highest BCUT2D eigenvalue weighted by atomic mass is 16.5. The molecule has 1 fully saturated rings. The van der Waals surface area contributed by atoms with Crippen LogP contribution in [0.3, 0.4) is 0 Å². The average Bonchev–Trinajstić information content (AvgIpc) is 3.01. The van der Waals surface area contributed by atoms with Crippen molar-refractivity contribution in [3.8, 4) is 11.5 Å². The molecule has 3 atom stereocenters. The van der Waals surface area contributed by atoms with Gasteiger partial charge < -0.3 is 19.5 Å². The summed E-state index contributed by atoms with van der Waals surface area (Å²) in [6, 6.07) is 6.56. The van der Waals surface area contributed by atoms with Crippen LogP contribution in [0.1, 0.15) is 32.8 Å². The van der Waals surface area contributed by atoms with E-state index in [-0.39, 0.29) is 0 Å². The average molecular weight is 321 g/mol. The van der Waals surface area contributed by atoms with Crippen molar-refractivity contribution >= 4 is 0 Å². The summed E-state index contributed by atoms with van der Waals surface area (Å²) in [5.74, 6) is 2.79. The molecule has 0 amide bonds. The zero-order valence-electron chi connectivity index (χ0n) is 15.1. The van der Waals surface area contributed by atoms with Crippen molar-refractivity contribution in [2.45, 2.75) is 45.8 Å². The Kier molecular flexibility index (Phi) is 6.72. The zero-order valence-corrected chi connectivity index (χ0v) is 15.1. The van der Waals surface area contributed by atoms with Gasteiger partial charge in [-0.3, -0.25) is 0 Å². The lowest BCUT2D eigenvalue weighted by molar-refractivity contribution is 0.0535. The van der Waals surface area contributed by atoms with E-state index in [1.54, 1.807) is 14.2 Å². The summed E-state index contributed by atoms with van der Waals surface area (Å²) in [6.45, 7) is 8.65. The molecule has 0 radical (unpaired) electrons. The summed E-state index contributed by atoms with van der Waals surface area (Å²) in [6.07, 6.45) is 2.54. The lowest BCUT2D eigenvalue weighted by Gasteiger charge is -2.24. The number of hydrogen-bond donors (Lipinski definition) is 1. The van der Waals surface area contributed by atoms with Gasteiger partial charge in [-0.15, -0.1) is 0 Å². The first-order chi connectivity index (χ1) is 11.0. The van der Waals surface area contributed by atoms with Crippen molar-refractivity contribution in [2.24, 2.45) is 11.8 Å². The monoisotopic (exact) mass is 321 g/mol. The topological polar surface area (TPSA) is 39.7 Å². The van der Waals surface area contributed by atoms with Gasteiger partial charge in [-0.2, -0.15) is 0 Å². The summed E-state index contributed by atoms with van der Waals surface area (Å²) in [7, 11) is 3.34. The molecule has 0 spiro atoms. The van der Waals surface area contributed by atoms with Crippen molar-refractivity contribution in [1.82, 2.24) is 5.32 Å². The highest BCUT2D eigenvalue weighted by Gasteiger charge is 2.30. The Hall–Kier alpha value is -1.26. The van der Waals surface area contributed by atoms with Crippen molar-refractivity contribution in [3.05, 3.63) is 23.8 Å². The molecular weight excluding hydrogens is 290 g/mol. The van der Waals surface area contributed by atoms with E-state index in [1.807, 2.05) is 6.07 Å². The minimum atomic E-state index is 0.399. The Morgan fingerprint density at radius 1 is 1.17 bits per heavy atom. The van der Waals surface area contributed by atoms with Gasteiger partial charge in [0.1, 0.15) is 0 Å². The van der Waals surface area contributed by atoms with Crippen LogP contribution >= 0.6 is 0 Å². The van der Waals surface area contributed by atoms with Gasteiger partial charge in [0.2, 0.25) is 0 Å². The molecule has 1 heterocycles. The third kappa shape index (κ3) is 4.85. The van der Waals surface area contributed by atoms with Gasteiger partial charge in [-0.05, 0) is 49.3 Å². The molecule has 0 saturated carbocycles. The molecule has 1 aromatic carbocycles. The quantitative estimate of drug-likeness (QED) is 0.797. The molecule has 1 aliphatic rings. The van der Waals surface area contributed by atoms with E-state index in [2.05, 4.69) is 38.2 Å². The molecule has 1 N–H and O–H groups in total. The van der Waals surface area contributed by atoms with Crippen molar-refractivity contribution in [2.75, 3.05) is 27.4 Å². The first-order valence-corrected chi connectivity index (χ1v) is 8.61. The molecule has 23 heavy (non-hydrogen) atoms. The van der Waals surface area contributed by atoms with E-state index in [9.17, 15) is 0 Å². The largest absolute Gasteiger partial charge is 0.493 e. The number of ether oxygens (including phenoxy) is 3. The second-order valence-electron chi connectivity index (χ2n) is 6.83. The Bertz CT molecular complexity index is 490. The summed E-state index contributed by atoms with van der Waals surface area (Å²) >= 11 is 0. The van der Waals surface area contributed by atoms with Gasteiger partial charge in [0.15, 0.2) is 11.5 Å². The van der Waals surface area contributed by atoms with E-state index < -0.39 is 0 Å². The zero-order chi connectivity index (χ0) is 16.8. The molecule has 4 heteroatoms. The van der Waals surface area contributed by atoms with Crippen molar-refractivity contribution in [1.29, 1.82) is 0 Å². The van der Waals surface area contributed by atoms with Gasteiger partial charge in [0.05, 0.1) is 20.3 Å². The van der Waals surface area contributed by atoms with Crippen LogP contribution in [0.4, 0.5) is 0 Å². The summed E-state index contributed by atoms with van der Waals surface area (Å²) in [5.41, 5.74) is 1.26. The third-order valence-electron chi connectivity index (χ3n) is 4.64. The van der Waals surface area contributed by atoms with Crippen LogP contribution in [0.25, 0.3) is 0 Å².